The second kappa shape index (κ2) is 8.42. The maximum absolute atomic E-state index is 6.20. The van der Waals surface area contributed by atoms with Crippen molar-refractivity contribution in [1.29, 1.82) is 0 Å². The molecule has 0 aliphatic heterocycles. The lowest BCUT2D eigenvalue weighted by molar-refractivity contribution is 0.396. The maximum Gasteiger partial charge on any atom is 0.0991 e. The summed E-state index contributed by atoms with van der Waals surface area (Å²) in [4.78, 5) is 0. The number of halogens is 2. The molecule has 2 unspecified atom stereocenters. The molecule has 1 nitrogen and oxygen atoms in total. The Balaban J connectivity index is 2.59. The summed E-state index contributed by atoms with van der Waals surface area (Å²) < 4.78 is 1.58. The first-order chi connectivity index (χ1) is 8.58. The van der Waals surface area contributed by atoms with E-state index in [0.717, 1.165) is 14.2 Å². The lowest BCUT2D eigenvalue weighted by Gasteiger charge is -2.23. The number of thiophene rings is 1. The molecular weight excluding hydrogens is 285 g/mol. The largest absolute Gasteiger partial charge is 0.307 e. The Hall–Kier alpha value is 0.240. The van der Waals surface area contributed by atoms with Gasteiger partial charge in [-0.2, -0.15) is 0 Å². The van der Waals surface area contributed by atoms with Crippen molar-refractivity contribution in [1.82, 2.24) is 5.32 Å². The SMILES string of the molecule is CCCCC(CCC)NC(C)c1cc(Cl)sc1Cl. The van der Waals surface area contributed by atoms with Crippen molar-refractivity contribution in [3.05, 3.63) is 20.3 Å². The summed E-state index contributed by atoms with van der Waals surface area (Å²) in [5.41, 5.74) is 1.13. The van der Waals surface area contributed by atoms with Crippen LogP contribution in [-0.2, 0) is 0 Å². The third-order valence-electron chi connectivity index (χ3n) is 3.18. The molecule has 1 rings (SSSR count). The third-order valence-corrected chi connectivity index (χ3v) is 4.70. The lowest BCUT2D eigenvalue weighted by atomic mass is 10.0. The summed E-state index contributed by atoms with van der Waals surface area (Å²) in [5.74, 6) is 0. The monoisotopic (exact) mass is 307 g/mol. The molecule has 18 heavy (non-hydrogen) atoms. The molecule has 0 saturated heterocycles. The summed E-state index contributed by atoms with van der Waals surface area (Å²) in [6.45, 7) is 6.64. The van der Waals surface area contributed by atoms with E-state index in [2.05, 4.69) is 26.1 Å². The fourth-order valence-electron chi connectivity index (χ4n) is 2.20. The second-order valence-electron chi connectivity index (χ2n) is 4.80. The highest BCUT2D eigenvalue weighted by molar-refractivity contribution is 7.20. The van der Waals surface area contributed by atoms with E-state index in [1.165, 1.54) is 43.4 Å². The molecule has 0 bridgehead atoms. The third kappa shape index (κ3) is 5.08. The van der Waals surface area contributed by atoms with E-state index in [1.54, 1.807) is 0 Å². The Morgan fingerprint density at radius 1 is 1.22 bits per heavy atom. The van der Waals surface area contributed by atoms with Gasteiger partial charge in [0.05, 0.1) is 8.67 Å². The van der Waals surface area contributed by atoms with E-state index in [-0.39, 0.29) is 6.04 Å². The average molecular weight is 308 g/mol. The smallest absolute Gasteiger partial charge is 0.0991 e. The molecule has 0 aliphatic rings. The summed E-state index contributed by atoms with van der Waals surface area (Å²) in [6, 6.07) is 2.84. The zero-order chi connectivity index (χ0) is 13.5. The number of unbranched alkanes of at least 4 members (excludes halogenated alkanes) is 1. The fourth-order valence-corrected chi connectivity index (χ4v) is 3.85. The first-order valence-corrected chi connectivity index (χ1v) is 8.36. The number of hydrogen-bond donors (Lipinski definition) is 1. The van der Waals surface area contributed by atoms with E-state index >= 15 is 0 Å². The lowest BCUT2D eigenvalue weighted by Crippen LogP contribution is -2.31. The molecule has 4 heteroatoms. The molecular formula is C14H23Cl2NS. The quantitative estimate of drug-likeness (QED) is 0.615. The van der Waals surface area contributed by atoms with Gasteiger partial charge in [-0.1, -0.05) is 56.3 Å². The fraction of sp³-hybridized carbons (Fsp3) is 0.714. The number of rotatable bonds is 8. The zero-order valence-electron chi connectivity index (χ0n) is 11.4. The second-order valence-corrected chi connectivity index (χ2v) is 7.08. The normalized spacial score (nSPS) is 14.7. The van der Waals surface area contributed by atoms with Crippen molar-refractivity contribution >= 4 is 34.5 Å². The molecule has 0 saturated carbocycles. The zero-order valence-corrected chi connectivity index (χ0v) is 13.8. The van der Waals surface area contributed by atoms with Crippen molar-refractivity contribution in [3.8, 4) is 0 Å². The van der Waals surface area contributed by atoms with Gasteiger partial charge in [-0.25, -0.2) is 0 Å². The minimum atomic E-state index is 0.273. The van der Waals surface area contributed by atoms with E-state index in [4.69, 9.17) is 23.2 Å². The van der Waals surface area contributed by atoms with Gasteiger partial charge < -0.3 is 5.32 Å². The van der Waals surface area contributed by atoms with Gasteiger partial charge in [-0.05, 0) is 31.4 Å². The van der Waals surface area contributed by atoms with Crippen molar-refractivity contribution in [3.63, 3.8) is 0 Å². The highest BCUT2D eigenvalue weighted by Crippen LogP contribution is 2.35. The van der Waals surface area contributed by atoms with Crippen LogP contribution in [0, 0.1) is 0 Å². The van der Waals surface area contributed by atoms with Gasteiger partial charge in [0.2, 0.25) is 0 Å². The molecule has 0 aliphatic carbocycles. The Bertz CT molecular complexity index is 352. The van der Waals surface area contributed by atoms with E-state index < -0.39 is 0 Å². The van der Waals surface area contributed by atoms with Gasteiger partial charge in [0.1, 0.15) is 0 Å². The maximum atomic E-state index is 6.20. The van der Waals surface area contributed by atoms with Gasteiger partial charge in [0.25, 0.3) is 0 Å². The van der Waals surface area contributed by atoms with Crippen LogP contribution in [0.3, 0.4) is 0 Å². The van der Waals surface area contributed by atoms with Crippen LogP contribution in [-0.4, -0.2) is 6.04 Å². The summed E-state index contributed by atoms with van der Waals surface area (Å²) in [7, 11) is 0. The first kappa shape index (κ1) is 16.3. The molecule has 2 atom stereocenters. The molecule has 1 heterocycles. The van der Waals surface area contributed by atoms with Gasteiger partial charge in [-0.15, -0.1) is 11.3 Å². The molecule has 0 aromatic carbocycles. The molecule has 0 fully saturated rings. The van der Waals surface area contributed by atoms with E-state index in [0.29, 0.717) is 6.04 Å². The molecule has 1 aromatic heterocycles. The van der Waals surface area contributed by atoms with Crippen molar-refractivity contribution in [2.24, 2.45) is 0 Å². The van der Waals surface area contributed by atoms with E-state index in [1.807, 2.05) is 6.07 Å². The van der Waals surface area contributed by atoms with Crippen LogP contribution < -0.4 is 5.32 Å². The Morgan fingerprint density at radius 3 is 2.44 bits per heavy atom. The summed E-state index contributed by atoms with van der Waals surface area (Å²) in [5, 5.41) is 3.69. The number of hydrogen-bond acceptors (Lipinski definition) is 2. The van der Waals surface area contributed by atoms with Gasteiger partial charge >= 0.3 is 0 Å². The topological polar surface area (TPSA) is 12.0 Å². The number of nitrogens with one attached hydrogen (secondary N) is 1. The van der Waals surface area contributed by atoms with Crippen LogP contribution in [0.15, 0.2) is 6.07 Å². The molecule has 0 radical (unpaired) electrons. The summed E-state index contributed by atoms with van der Waals surface area (Å²) in [6.07, 6.45) is 6.21. The first-order valence-electron chi connectivity index (χ1n) is 6.79. The van der Waals surface area contributed by atoms with Crippen LogP contribution in [0.25, 0.3) is 0 Å². The predicted octanol–water partition coefficient (Wildman–Crippen LogP) is 6.06. The van der Waals surface area contributed by atoms with Crippen molar-refractivity contribution in [2.75, 3.05) is 0 Å². The summed E-state index contributed by atoms with van der Waals surface area (Å²) >= 11 is 13.6. The molecule has 1 aromatic rings. The van der Waals surface area contributed by atoms with Gasteiger partial charge in [0.15, 0.2) is 0 Å². The van der Waals surface area contributed by atoms with Gasteiger partial charge in [-0.3, -0.25) is 0 Å². The molecule has 1 N–H and O–H groups in total. The van der Waals surface area contributed by atoms with Crippen molar-refractivity contribution < 1.29 is 0 Å². The van der Waals surface area contributed by atoms with Crippen LogP contribution in [0.5, 0.6) is 0 Å². The highest BCUT2D eigenvalue weighted by Gasteiger charge is 2.16. The van der Waals surface area contributed by atoms with Crippen molar-refractivity contribution in [2.45, 2.75) is 65.0 Å². The Labute approximate surface area is 125 Å². The standard InChI is InChI=1S/C14H23Cl2NS/c1-4-6-8-11(7-5-2)17-10(3)12-9-13(15)18-14(12)16/h9-11,17H,4-8H2,1-3H3. The van der Waals surface area contributed by atoms with Crippen LogP contribution in [0.4, 0.5) is 0 Å². The molecule has 104 valence electrons. The minimum absolute atomic E-state index is 0.273. The minimum Gasteiger partial charge on any atom is -0.307 e. The highest BCUT2D eigenvalue weighted by atomic mass is 35.5. The molecule has 0 spiro atoms. The van der Waals surface area contributed by atoms with E-state index in [9.17, 15) is 0 Å². The van der Waals surface area contributed by atoms with Crippen LogP contribution >= 0.6 is 34.5 Å². The van der Waals surface area contributed by atoms with Crippen LogP contribution in [0.1, 0.15) is 64.5 Å². The average Bonchev–Trinajstić information content (AvgIpc) is 2.65. The molecule has 0 amide bonds. The van der Waals surface area contributed by atoms with Crippen LogP contribution in [0.2, 0.25) is 8.67 Å². The Kier molecular flexibility index (Phi) is 7.62. The predicted molar refractivity (Wildman–Crippen MR) is 84.1 cm³/mol. The Morgan fingerprint density at radius 2 is 1.94 bits per heavy atom. The van der Waals surface area contributed by atoms with Gasteiger partial charge in [0, 0.05) is 12.1 Å².